The van der Waals surface area contributed by atoms with Crippen molar-refractivity contribution in [3.05, 3.63) is 29.3 Å². The van der Waals surface area contributed by atoms with Crippen LogP contribution in [0, 0.1) is 12.8 Å². The van der Waals surface area contributed by atoms with Gasteiger partial charge in [-0.1, -0.05) is 13.8 Å². The van der Waals surface area contributed by atoms with E-state index >= 15 is 0 Å². The summed E-state index contributed by atoms with van der Waals surface area (Å²) in [6.45, 7) is 8.19. The minimum absolute atomic E-state index is 0.0543. The van der Waals surface area contributed by atoms with Gasteiger partial charge in [-0.15, -0.1) is 0 Å². The van der Waals surface area contributed by atoms with Crippen molar-refractivity contribution in [1.29, 1.82) is 0 Å². The maximum atomic E-state index is 11.9. The second-order valence-electron chi connectivity index (χ2n) is 5.15. The van der Waals surface area contributed by atoms with E-state index in [4.69, 9.17) is 10.5 Å². The smallest absolute Gasteiger partial charge is 0.251 e. The summed E-state index contributed by atoms with van der Waals surface area (Å²) in [7, 11) is 0. The largest absolute Gasteiger partial charge is 0.399 e. The first-order valence-corrected chi connectivity index (χ1v) is 6.72. The number of ether oxygens (including phenoxy) is 1. The average Bonchev–Trinajstić information content (AvgIpc) is 2.32. The van der Waals surface area contributed by atoms with Gasteiger partial charge < -0.3 is 15.8 Å². The fraction of sp³-hybridized carbons (Fsp3) is 0.533. The van der Waals surface area contributed by atoms with E-state index in [9.17, 15) is 4.79 Å². The van der Waals surface area contributed by atoms with Crippen molar-refractivity contribution >= 4 is 11.6 Å². The Morgan fingerprint density at radius 2 is 2.16 bits per heavy atom. The predicted molar refractivity (Wildman–Crippen MR) is 78.2 cm³/mol. The molecule has 1 aromatic carbocycles. The molecule has 0 heterocycles. The third-order valence-electron chi connectivity index (χ3n) is 2.70. The van der Waals surface area contributed by atoms with Gasteiger partial charge in [-0.25, -0.2) is 0 Å². The maximum Gasteiger partial charge on any atom is 0.251 e. The Labute approximate surface area is 115 Å². The molecule has 19 heavy (non-hydrogen) atoms. The highest BCUT2D eigenvalue weighted by atomic mass is 16.5. The van der Waals surface area contributed by atoms with Crippen LogP contribution in [0.1, 0.15) is 36.2 Å². The topological polar surface area (TPSA) is 64.4 Å². The Morgan fingerprint density at radius 1 is 1.42 bits per heavy atom. The van der Waals surface area contributed by atoms with Crippen LogP contribution < -0.4 is 11.1 Å². The van der Waals surface area contributed by atoms with E-state index in [0.29, 0.717) is 30.3 Å². The number of carbonyl (C=O) groups excluding carboxylic acids is 1. The minimum atomic E-state index is -0.0543. The number of amides is 1. The molecule has 106 valence electrons. The molecule has 0 bridgehead atoms. The summed E-state index contributed by atoms with van der Waals surface area (Å²) in [6, 6.07) is 5.31. The van der Waals surface area contributed by atoms with Crippen LogP contribution >= 0.6 is 0 Å². The van der Waals surface area contributed by atoms with E-state index < -0.39 is 0 Å². The molecule has 0 aromatic heterocycles. The Morgan fingerprint density at radius 3 is 2.79 bits per heavy atom. The zero-order valence-electron chi connectivity index (χ0n) is 12.0. The first-order chi connectivity index (χ1) is 9.00. The summed E-state index contributed by atoms with van der Waals surface area (Å²) in [5, 5.41) is 2.89. The molecule has 0 saturated heterocycles. The lowest BCUT2D eigenvalue weighted by atomic mass is 10.1. The molecule has 0 atom stereocenters. The van der Waals surface area contributed by atoms with Crippen molar-refractivity contribution in [3.63, 3.8) is 0 Å². The summed E-state index contributed by atoms with van der Waals surface area (Å²) >= 11 is 0. The van der Waals surface area contributed by atoms with Gasteiger partial charge in [0.1, 0.15) is 0 Å². The fourth-order valence-electron chi connectivity index (χ4n) is 1.73. The number of benzene rings is 1. The number of hydrogen-bond acceptors (Lipinski definition) is 3. The monoisotopic (exact) mass is 264 g/mol. The molecule has 0 aliphatic heterocycles. The van der Waals surface area contributed by atoms with Crippen LogP contribution in [0.4, 0.5) is 5.69 Å². The lowest BCUT2D eigenvalue weighted by molar-refractivity contribution is 0.0924. The molecule has 1 rings (SSSR count). The third-order valence-corrected chi connectivity index (χ3v) is 2.70. The highest BCUT2D eigenvalue weighted by Crippen LogP contribution is 2.12. The summed E-state index contributed by atoms with van der Waals surface area (Å²) in [5.74, 6) is 0.494. The van der Waals surface area contributed by atoms with E-state index in [0.717, 1.165) is 18.6 Å². The van der Waals surface area contributed by atoms with Gasteiger partial charge in [0.05, 0.1) is 0 Å². The lowest BCUT2D eigenvalue weighted by Gasteiger charge is -2.09. The Balaban J connectivity index is 2.28. The van der Waals surface area contributed by atoms with Gasteiger partial charge in [-0.2, -0.15) is 0 Å². The Bertz CT molecular complexity index is 417. The molecule has 1 amide bonds. The second-order valence-corrected chi connectivity index (χ2v) is 5.15. The first-order valence-electron chi connectivity index (χ1n) is 6.72. The molecule has 0 radical (unpaired) electrons. The van der Waals surface area contributed by atoms with Crippen LogP contribution in [0.5, 0.6) is 0 Å². The number of nitrogens with one attached hydrogen (secondary N) is 1. The average molecular weight is 264 g/mol. The van der Waals surface area contributed by atoms with Gasteiger partial charge in [-0.05, 0) is 43.0 Å². The van der Waals surface area contributed by atoms with Crippen molar-refractivity contribution in [2.75, 3.05) is 25.5 Å². The molecule has 4 nitrogen and oxygen atoms in total. The van der Waals surface area contributed by atoms with E-state index in [-0.39, 0.29) is 5.91 Å². The van der Waals surface area contributed by atoms with Gasteiger partial charge in [0, 0.05) is 31.0 Å². The molecular formula is C15H24N2O2. The molecule has 0 fully saturated rings. The molecule has 4 heteroatoms. The Hall–Kier alpha value is -1.55. The predicted octanol–water partition coefficient (Wildman–Crippen LogP) is 2.37. The number of carbonyl (C=O) groups is 1. The highest BCUT2D eigenvalue weighted by Gasteiger charge is 2.07. The van der Waals surface area contributed by atoms with Gasteiger partial charge in [-0.3, -0.25) is 4.79 Å². The summed E-state index contributed by atoms with van der Waals surface area (Å²) in [5.41, 5.74) is 7.91. The molecule has 0 spiro atoms. The van der Waals surface area contributed by atoms with Crippen molar-refractivity contribution < 1.29 is 9.53 Å². The molecule has 0 saturated carbocycles. The van der Waals surface area contributed by atoms with Gasteiger partial charge >= 0.3 is 0 Å². The lowest BCUT2D eigenvalue weighted by Crippen LogP contribution is -2.26. The highest BCUT2D eigenvalue weighted by molar-refractivity contribution is 5.95. The second kappa shape index (κ2) is 7.79. The SMILES string of the molecule is Cc1cc(N)ccc1C(=O)NCCCOCC(C)C. The maximum absolute atomic E-state index is 11.9. The quantitative estimate of drug-likeness (QED) is 0.587. The van der Waals surface area contributed by atoms with Crippen molar-refractivity contribution in [1.82, 2.24) is 5.32 Å². The fourth-order valence-corrected chi connectivity index (χ4v) is 1.73. The summed E-state index contributed by atoms with van der Waals surface area (Å²) < 4.78 is 5.45. The summed E-state index contributed by atoms with van der Waals surface area (Å²) in [4.78, 5) is 11.9. The number of aryl methyl sites for hydroxylation is 1. The molecule has 0 aliphatic carbocycles. The van der Waals surface area contributed by atoms with Crippen LogP contribution in [0.3, 0.4) is 0 Å². The zero-order chi connectivity index (χ0) is 14.3. The van der Waals surface area contributed by atoms with Gasteiger partial charge in [0.25, 0.3) is 5.91 Å². The van der Waals surface area contributed by atoms with Crippen LogP contribution in [0.15, 0.2) is 18.2 Å². The van der Waals surface area contributed by atoms with E-state index in [1.807, 2.05) is 6.92 Å². The van der Waals surface area contributed by atoms with Crippen molar-refractivity contribution in [3.8, 4) is 0 Å². The number of nitrogen functional groups attached to an aromatic ring is 1. The van der Waals surface area contributed by atoms with Crippen molar-refractivity contribution in [2.24, 2.45) is 5.92 Å². The van der Waals surface area contributed by atoms with E-state index in [2.05, 4.69) is 19.2 Å². The summed E-state index contributed by atoms with van der Waals surface area (Å²) in [6.07, 6.45) is 0.826. The number of rotatable bonds is 7. The molecule has 0 unspecified atom stereocenters. The Kier molecular flexibility index (Phi) is 6.36. The van der Waals surface area contributed by atoms with Gasteiger partial charge in [0.15, 0.2) is 0 Å². The van der Waals surface area contributed by atoms with E-state index in [1.165, 1.54) is 0 Å². The normalized spacial score (nSPS) is 10.7. The van der Waals surface area contributed by atoms with Crippen LogP contribution in [-0.2, 0) is 4.74 Å². The zero-order valence-corrected chi connectivity index (χ0v) is 12.0. The van der Waals surface area contributed by atoms with Crippen LogP contribution in [0.2, 0.25) is 0 Å². The number of anilines is 1. The molecule has 1 aromatic rings. The number of nitrogens with two attached hydrogens (primary N) is 1. The van der Waals surface area contributed by atoms with Crippen molar-refractivity contribution in [2.45, 2.75) is 27.2 Å². The first kappa shape index (κ1) is 15.5. The van der Waals surface area contributed by atoms with Crippen LogP contribution in [0.25, 0.3) is 0 Å². The molecule has 0 aliphatic rings. The third kappa shape index (κ3) is 5.75. The standard InChI is InChI=1S/C15H24N2O2/c1-11(2)10-19-8-4-7-17-15(18)14-6-5-13(16)9-12(14)3/h5-6,9,11H,4,7-8,10,16H2,1-3H3,(H,17,18). The molecular weight excluding hydrogens is 240 g/mol. The molecule has 3 N–H and O–H groups in total. The van der Waals surface area contributed by atoms with Gasteiger partial charge in [0.2, 0.25) is 0 Å². The number of hydrogen-bond donors (Lipinski definition) is 2. The van der Waals surface area contributed by atoms with Crippen LogP contribution in [-0.4, -0.2) is 25.7 Å². The minimum Gasteiger partial charge on any atom is -0.399 e. The van der Waals surface area contributed by atoms with E-state index in [1.54, 1.807) is 18.2 Å².